The quantitative estimate of drug-likeness (QED) is 0.906. The third-order valence-corrected chi connectivity index (χ3v) is 4.09. The minimum atomic E-state index is -4.93. The van der Waals surface area contributed by atoms with Crippen LogP contribution in [0.5, 0.6) is 5.75 Å². The van der Waals surface area contributed by atoms with Gasteiger partial charge in [0.05, 0.1) is 0 Å². The molecule has 1 N–H and O–H groups in total. The Bertz CT molecular complexity index is 553. The maximum Gasteiger partial charge on any atom is 0.573 e. The number of nitrogens with one attached hydrogen (secondary N) is 1. The normalized spacial score (nSPS) is 16.4. The van der Waals surface area contributed by atoms with Gasteiger partial charge in [0.15, 0.2) is 0 Å². The summed E-state index contributed by atoms with van der Waals surface area (Å²) in [6.07, 6.45) is -3.06. The summed E-state index contributed by atoms with van der Waals surface area (Å²) in [4.78, 5) is -0.507. The highest BCUT2D eigenvalue weighted by Crippen LogP contribution is 2.31. The third kappa shape index (κ3) is 4.10. The number of para-hydroxylation sites is 1. The molecule has 4 nitrogen and oxygen atoms in total. The van der Waals surface area contributed by atoms with E-state index in [2.05, 4.69) is 9.46 Å². The molecule has 1 aromatic rings. The Morgan fingerprint density at radius 3 is 2.47 bits per heavy atom. The highest BCUT2D eigenvalue weighted by atomic mass is 32.2. The van der Waals surface area contributed by atoms with Crippen LogP contribution in [0.4, 0.5) is 13.2 Å². The van der Waals surface area contributed by atoms with Crippen LogP contribution in [0.1, 0.15) is 12.8 Å². The second-order valence-corrected chi connectivity index (χ2v) is 6.03. The fourth-order valence-corrected chi connectivity index (χ4v) is 2.75. The van der Waals surface area contributed by atoms with Gasteiger partial charge in [0.2, 0.25) is 10.0 Å². The molecule has 0 bridgehead atoms. The summed E-state index contributed by atoms with van der Waals surface area (Å²) in [5.41, 5.74) is 0. The van der Waals surface area contributed by atoms with Crippen LogP contribution in [0.15, 0.2) is 29.2 Å². The molecule has 8 heteroatoms. The zero-order valence-electron chi connectivity index (χ0n) is 9.77. The molecule has 2 rings (SSSR count). The Morgan fingerprint density at radius 1 is 1.26 bits per heavy atom. The van der Waals surface area contributed by atoms with Crippen molar-refractivity contribution in [3.05, 3.63) is 24.3 Å². The van der Waals surface area contributed by atoms with Crippen LogP contribution in [0.3, 0.4) is 0 Å². The van der Waals surface area contributed by atoms with E-state index in [4.69, 9.17) is 0 Å². The summed E-state index contributed by atoms with van der Waals surface area (Å²) in [5.74, 6) is -0.441. The zero-order chi connectivity index (χ0) is 14.1. The predicted molar refractivity (Wildman–Crippen MR) is 61.0 cm³/mol. The second-order valence-electron chi connectivity index (χ2n) is 4.29. The van der Waals surface area contributed by atoms with Gasteiger partial charge >= 0.3 is 6.36 Å². The molecule has 1 aliphatic rings. The van der Waals surface area contributed by atoms with E-state index in [1.165, 1.54) is 12.1 Å². The van der Waals surface area contributed by atoms with Crippen molar-refractivity contribution in [1.29, 1.82) is 0 Å². The van der Waals surface area contributed by atoms with Crippen molar-refractivity contribution in [2.75, 3.05) is 6.54 Å². The molecule has 0 unspecified atom stereocenters. The van der Waals surface area contributed by atoms with E-state index in [1.54, 1.807) is 0 Å². The highest BCUT2D eigenvalue weighted by molar-refractivity contribution is 7.89. The largest absolute Gasteiger partial charge is 0.573 e. The van der Waals surface area contributed by atoms with Crippen LogP contribution >= 0.6 is 0 Å². The van der Waals surface area contributed by atoms with Gasteiger partial charge in [0.1, 0.15) is 10.6 Å². The molecule has 0 atom stereocenters. The van der Waals surface area contributed by atoms with E-state index in [-0.39, 0.29) is 12.5 Å². The average Bonchev–Trinajstić information content (AvgIpc) is 3.08. The summed E-state index contributed by atoms with van der Waals surface area (Å²) in [6, 6.07) is 4.67. The standard InChI is InChI=1S/C11H12F3NO3S/c12-11(13,14)18-9-3-1-2-4-10(9)19(16,17)15-7-8-5-6-8/h1-4,8,15H,5-7H2. The third-order valence-electron chi connectivity index (χ3n) is 2.62. The zero-order valence-corrected chi connectivity index (χ0v) is 10.6. The van der Waals surface area contributed by atoms with Gasteiger partial charge in [0.25, 0.3) is 0 Å². The molecule has 0 heterocycles. The molecule has 1 aromatic carbocycles. The topological polar surface area (TPSA) is 55.4 Å². The summed E-state index contributed by atoms with van der Waals surface area (Å²) < 4.78 is 66.4. The number of hydrogen-bond acceptors (Lipinski definition) is 3. The van der Waals surface area contributed by atoms with Crippen LogP contribution in [0, 0.1) is 5.92 Å². The Labute approximate surface area is 108 Å². The number of benzene rings is 1. The Hall–Kier alpha value is -1.28. The lowest BCUT2D eigenvalue weighted by atomic mass is 10.3. The Balaban J connectivity index is 2.22. The van der Waals surface area contributed by atoms with Gasteiger partial charge in [-0.1, -0.05) is 12.1 Å². The van der Waals surface area contributed by atoms with E-state index in [9.17, 15) is 21.6 Å². The van der Waals surface area contributed by atoms with Crippen molar-refractivity contribution in [1.82, 2.24) is 4.72 Å². The van der Waals surface area contributed by atoms with E-state index >= 15 is 0 Å². The first-order valence-corrected chi connectivity index (χ1v) is 7.11. The molecule has 0 radical (unpaired) electrons. The van der Waals surface area contributed by atoms with E-state index in [1.807, 2.05) is 0 Å². The van der Waals surface area contributed by atoms with Gasteiger partial charge < -0.3 is 4.74 Å². The van der Waals surface area contributed by atoms with Crippen molar-refractivity contribution >= 4 is 10.0 Å². The van der Waals surface area contributed by atoms with Crippen molar-refractivity contribution < 1.29 is 26.3 Å². The molecule has 0 aliphatic heterocycles. The summed E-state index contributed by atoms with van der Waals surface area (Å²) in [6.45, 7) is 0.239. The molecule has 1 fully saturated rings. The Morgan fingerprint density at radius 2 is 1.89 bits per heavy atom. The maximum absolute atomic E-state index is 12.2. The fraction of sp³-hybridized carbons (Fsp3) is 0.455. The lowest BCUT2D eigenvalue weighted by molar-refractivity contribution is -0.275. The van der Waals surface area contributed by atoms with Gasteiger partial charge in [-0.25, -0.2) is 13.1 Å². The molecular formula is C11H12F3NO3S. The van der Waals surface area contributed by atoms with Gasteiger partial charge in [-0.15, -0.1) is 13.2 Å². The monoisotopic (exact) mass is 295 g/mol. The van der Waals surface area contributed by atoms with E-state index in [0.29, 0.717) is 0 Å². The van der Waals surface area contributed by atoms with Crippen LogP contribution in [0.25, 0.3) is 0 Å². The van der Waals surface area contributed by atoms with Gasteiger partial charge in [-0.05, 0) is 30.9 Å². The van der Waals surface area contributed by atoms with E-state index < -0.39 is 27.0 Å². The van der Waals surface area contributed by atoms with Crippen LogP contribution < -0.4 is 9.46 Å². The van der Waals surface area contributed by atoms with Crippen LogP contribution in [-0.4, -0.2) is 21.3 Å². The number of alkyl halides is 3. The van der Waals surface area contributed by atoms with Gasteiger partial charge in [-0.2, -0.15) is 0 Å². The van der Waals surface area contributed by atoms with Crippen molar-refractivity contribution in [3.63, 3.8) is 0 Å². The van der Waals surface area contributed by atoms with Crippen LogP contribution in [0.2, 0.25) is 0 Å². The number of rotatable bonds is 5. The SMILES string of the molecule is O=S(=O)(NCC1CC1)c1ccccc1OC(F)(F)F. The minimum Gasteiger partial charge on any atom is -0.404 e. The van der Waals surface area contributed by atoms with Crippen molar-refractivity contribution in [2.24, 2.45) is 5.92 Å². The first-order chi connectivity index (χ1) is 8.78. The molecule has 106 valence electrons. The smallest absolute Gasteiger partial charge is 0.404 e. The molecular weight excluding hydrogens is 283 g/mol. The first kappa shape index (κ1) is 14.1. The predicted octanol–water partition coefficient (Wildman–Crippen LogP) is 2.27. The Kier molecular flexibility index (Phi) is 3.73. The summed E-state index contributed by atoms with van der Waals surface area (Å²) >= 11 is 0. The molecule has 0 aromatic heterocycles. The summed E-state index contributed by atoms with van der Waals surface area (Å²) in [5, 5.41) is 0. The fourth-order valence-electron chi connectivity index (χ4n) is 1.51. The van der Waals surface area contributed by atoms with Crippen molar-refractivity contribution in [3.8, 4) is 5.75 Å². The van der Waals surface area contributed by atoms with Gasteiger partial charge in [0, 0.05) is 6.54 Å². The van der Waals surface area contributed by atoms with Crippen molar-refractivity contribution in [2.45, 2.75) is 24.1 Å². The number of hydrogen-bond donors (Lipinski definition) is 1. The number of sulfonamides is 1. The molecule has 1 saturated carbocycles. The van der Waals surface area contributed by atoms with E-state index in [0.717, 1.165) is 25.0 Å². The lowest BCUT2D eigenvalue weighted by Gasteiger charge is -2.13. The molecule has 1 aliphatic carbocycles. The summed E-state index contributed by atoms with van der Waals surface area (Å²) in [7, 11) is -3.99. The second kappa shape index (κ2) is 5.01. The molecule has 0 spiro atoms. The molecule has 0 amide bonds. The molecule has 19 heavy (non-hydrogen) atoms. The average molecular weight is 295 g/mol. The van der Waals surface area contributed by atoms with Gasteiger partial charge in [-0.3, -0.25) is 0 Å². The highest BCUT2D eigenvalue weighted by Gasteiger charge is 2.34. The maximum atomic E-state index is 12.2. The van der Waals surface area contributed by atoms with Crippen LogP contribution in [-0.2, 0) is 10.0 Å². The lowest BCUT2D eigenvalue weighted by Crippen LogP contribution is -2.27. The first-order valence-electron chi connectivity index (χ1n) is 5.62. The molecule has 0 saturated heterocycles. The number of halogens is 3. The number of ether oxygens (including phenoxy) is 1. The minimum absolute atomic E-state index is 0.239.